The van der Waals surface area contributed by atoms with Crippen molar-refractivity contribution in [3.05, 3.63) is 11.8 Å². The van der Waals surface area contributed by atoms with E-state index >= 15 is 0 Å². The van der Waals surface area contributed by atoms with Gasteiger partial charge in [0.1, 0.15) is 5.82 Å². The predicted octanol–water partition coefficient (Wildman–Crippen LogP) is 3.48. The maximum atomic E-state index is 4.76. The van der Waals surface area contributed by atoms with Gasteiger partial charge in [0, 0.05) is 30.9 Å². The van der Waals surface area contributed by atoms with Crippen molar-refractivity contribution >= 4 is 11.8 Å². The summed E-state index contributed by atoms with van der Waals surface area (Å²) in [6, 6.07) is 0.541. The molecule has 0 radical (unpaired) electrons. The summed E-state index contributed by atoms with van der Waals surface area (Å²) in [6.45, 7) is 13.3. The molecule has 112 valence electrons. The molecule has 0 bridgehead atoms. The van der Waals surface area contributed by atoms with Crippen molar-refractivity contribution in [2.24, 2.45) is 11.8 Å². The number of hydrogen-bond acceptors (Lipinski definition) is 4. The first-order chi connectivity index (χ1) is 9.52. The summed E-state index contributed by atoms with van der Waals surface area (Å²) in [5, 5.41) is 3.29. The monoisotopic (exact) mass is 276 g/mol. The van der Waals surface area contributed by atoms with E-state index in [-0.39, 0.29) is 0 Å². The molecule has 0 aromatic carbocycles. The van der Waals surface area contributed by atoms with Gasteiger partial charge in [0.25, 0.3) is 0 Å². The standard InChI is InChI=1S/C16H28N4/c1-6-7-17-16-18-9-13(4)15(19-16)20-10-11(2)8-12(3)14(20)5/h9,11-12,14H,6-8,10H2,1-5H3,(H,17,18,19). The average molecular weight is 276 g/mol. The minimum absolute atomic E-state index is 0.541. The highest BCUT2D eigenvalue weighted by Gasteiger charge is 2.30. The molecule has 1 saturated heterocycles. The number of rotatable bonds is 4. The first-order valence-electron chi connectivity index (χ1n) is 7.87. The van der Waals surface area contributed by atoms with Gasteiger partial charge in [0.2, 0.25) is 5.95 Å². The summed E-state index contributed by atoms with van der Waals surface area (Å²) in [7, 11) is 0. The molecule has 20 heavy (non-hydrogen) atoms. The van der Waals surface area contributed by atoms with Crippen LogP contribution in [-0.4, -0.2) is 29.1 Å². The molecule has 3 unspecified atom stereocenters. The van der Waals surface area contributed by atoms with Crippen LogP contribution < -0.4 is 10.2 Å². The highest BCUT2D eigenvalue weighted by molar-refractivity contribution is 5.50. The third-order valence-corrected chi connectivity index (χ3v) is 4.35. The molecule has 1 fully saturated rings. The first kappa shape index (κ1) is 15.1. The van der Waals surface area contributed by atoms with Crippen LogP contribution in [0.1, 0.15) is 46.1 Å². The Balaban J connectivity index is 2.25. The predicted molar refractivity (Wildman–Crippen MR) is 85.3 cm³/mol. The van der Waals surface area contributed by atoms with E-state index in [1.807, 2.05) is 6.20 Å². The quantitative estimate of drug-likeness (QED) is 0.914. The number of nitrogens with one attached hydrogen (secondary N) is 1. The molecule has 2 heterocycles. The van der Waals surface area contributed by atoms with Crippen molar-refractivity contribution in [1.29, 1.82) is 0 Å². The second kappa shape index (κ2) is 6.42. The summed E-state index contributed by atoms with van der Waals surface area (Å²) in [4.78, 5) is 11.6. The lowest BCUT2D eigenvalue weighted by molar-refractivity contribution is 0.295. The van der Waals surface area contributed by atoms with Crippen LogP contribution in [0.3, 0.4) is 0 Å². The number of aryl methyl sites for hydroxylation is 1. The van der Waals surface area contributed by atoms with Gasteiger partial charge in [-0.2, -0.15) is 4.98 Å². The van der Waals surface area contributed by atoms with Gasteiger partial charge < -0.3 is 10.2 Å². The van der Waals surface area contributed by atoms with Gasteiger partial charge in [-0.3, -0.25) is 0 Å². The van der Waals surface area contributed by atoms with Crippen molar-refractivity contribution in [3.63, 3.8) is 0 Å². The largest absolute Gasteiger partial charge is 0.354 e. The van der Waals surface area contributed by atoms with Crippen LogP contribution in [-0.2, 0) is 0 Å². The minimum Gasteiger partial charge on any atom is -0.354 e. The highest BCUT2D eigenvalue weighted by Crippen LogP contribution is 2.32. The summed E-state index contributed by atoms with van der Waals surface area (Å²) in [6.07, 6.45) is 4.33. The third kappa shape index (κ3) is 3.22. The van der Waals surface area contributed by atoms with E-state index < -0.39 is 0 Å². The highest BCUT2D eigenvalue weighted by atomic mass is 15.3. The van der Waals surface area contributed by atoms with E-state index in [1.165, 1.54) is 12.0 Å². The normalized spacial score (nSPS) is 26.6. The van der Waals surface area contributed by atoms with Crippen LogP contribution in [0.4, 0.5) is 11.8 Å². The molecule has 1 aromatic rings. The third-order valence-electron chi connectivity index (χ3n) is 4.35. The Labute approximate surface area is 123 Å². The lowest BCUT2D eigenvalue weighted by Gasteiger charge is -2.42. The Morgan fingerprint density at radius 3 is 2.80 bits per heavy atom. The van der Waals surface area contributed by atoms with Crippen molar-refractivity contribution in [1.82, 2.24) is 9.97 Å². The molecule has 1 aliphatic heterocycles. The zero-order valence-corrected chi connectivity index (χ0v) is 13.5. The number of anilines is 2. The molecule has 1 aliphatic rings. The molecule has 0 aliphatic carbocycles. The van der Waals surface area contributed by atoms with Crippen LogP contribution in [0.5, 0.6) is 0 Å². The Morgan fingerprint density at radius 1 is 1.35 bits per heavy atom. The van der Waals surface area contributed by atoms with Crippen LogP contribution in [0.2, 0.25) is 0 Å². The van der Waals surface area contributed by atoms with E-state index in [0.29, 0.717) is 12.0 Å². The maximum absolute atomic E-state index is 4.76. The lowest BCUT2D eigenvalue weighted by atomic mass is 9.86. The zero-order valence-electron chi connectivity index (χ0n) is 13.5. The van der Waals surface area contributed by atoms with Gasteiger partial charge in [-0.15, -0.1) is 0 Å². The van der Waals surface area contributed by atoms with E-state index in [9.17, 15) is 0 Å². The molecule has 0 spiro atoms. The van der Waals surface area contributed by atoms with E-state index in [1.54, 1.807) is 0 Å². The fourth-order valence-electron chi connectivity index (χ4n) is 3.04. The van der Waals surface area contributed by atoms with Crippen molar-refractivity contribution in [3.8, 4) is 0 Å². The SMILES string of the molecule is CCCNc1ncc(C)c(N2CC(C)CC(C)C2C)n1. The average Bonchev–Trinajstić information content (AvgIpc) is 2.42. The second-order valence-electron chi connectivity index (χ2n) is 6.34. The molecule has 2 rings (SSSR count). The molecule has 4 heteroatoms. The molecule has 1 aromatic heterocycles. The molecule has 1 N–H and O–H groups in total. The molecule has 4 nitrogen and oxygen atoms in total. The van der Waals surface area contributed by atoms with Crippen LogP contribution in [0.15, 0.2) is 6.20 Å². The number of aromatic nitrogens is 2. The number of hydrogen-bond donors (Lipinski definition) is 1. The summed E-state index contributed by atoms with van der Waals surface area (Å²) >= 11 is 0. The van der Waals surface area contributed by atoms with Crippen molar-refractivity contribution < 1.29 is 0 Å². The van der Waals surface area contributed by atoms with Crippen LogP contribution >= 0.6 is 0 Å². The van der Waals surface area contributed by atoms with Crippen LogP contribution in [0, 0.1) is 18.8 Å². The first-order valence-corrected chi connectivity index (χ1v) is 7.87. The summed E-state index contributed by atoms with van der Waals surface area (Å²) < 4.78 is 0. The topological polar surface area (TPSA) is 41.1 Å². The van der Waals surface area contributed by atoms with Crippen molar-refractivity contribution in [2.45, 2.75) is 53.5 Å². The fraction of sp³-hybridized carbons (Fsp3) is 0.750. The van der Waals surface area contributed by atoms with E-state index in [4.69, 9.17) is 4.98 Å². The van der Waals surface area contributed by atoms with Gasteiger partial charge >= 0.3 is 0 Å². The van der Waals surface area contributed by atoms with Gasteiger partial charge in [0.05, 0.1) is 0 Å². The number of nitrogens with zero attached hydrogens (tertiary/aromatic N) is 3. The summed E-state index contributed by atoms with van der Waals surface area (Å²) in [5.74, 6) is 3.29. The minimum atomic E-state index is 0.541. The van der Waals surface area contributed by atoms with Crippen molar-refractivity contribution in [2.75, 3.05) is 23.3 Å². The molecular weight excluding hydrogens is 248 g/mol. The van der Waals surface area contributed by atoms with Gasteiger partial charge in [0.15, 0.2) is 0 Å². The van der Waals surface area contributed by atoms with Gasteiger partial charge in [-0.05, 0) is 38.5 Å². The van der Waals surface area contributed by atoms with Crippen LogP contribution in [0.25, 0.3) is 0 Å². The Kier molecular flexibility index (Phi) is 4.84. The molecule has 0 amide bonds. The molecule has 0 saturated carbocycles. The molecule has 3 atom stereocenters. The van der Waals surface area contributed by atoms with Gasteiger partial charge in [-0.25, -0.2) is 4.98 Å². The lowest BCUT2D eigenvalue weighted by Crippen LogP contribution is -2.46. The molecular formula is C16H28N4. The Hall–Kier alpha value is -1.32. The number of piperidine rings is 1. The zero-order chi connectivity index (χ0) is 14.7. The Bertz CT molecular complexity index is 446. The summed E-state index contributed by atoms with van der Waals surface area (Å²) in [5.41, 5.74) is 1.17. The Morgan fingerprint density at radius 2 is 2.10 bits per heavy atom. The second-order valence-corrected chi connectivity index (χ2v) is 6.34. The van der Waals surface area contributed by atoms with Gasteiger partial charge in [-0.1, -0.05) is 20.8 Å². The van der Waals surface area contributed by atoms with E-state index in [0.717, 1.165) is 37.2 Å². The fourth-order valence-corrected chi connectivity index (χ4v) is 3.04. The maximum Gasteiger partial charge on any atom is 0.224 e. The van der Waals surface area contributed by atoms with E-state index in [2.05, 4.69) is 49.8 Å². The smallest absolute Gasteiger partial charge is 0.224 e.